The van der Waals surface area contributed by atoms with Crippen molar-refractivity contribution < 1.29 is 28.8 Å². The van der Waals surface area contributed by atoms with Gasteiger partial charge >= 0.3 is 6.03 Å². The van der Waals surface area contributed by atoms with Gasteiger partial charge in [-0.3, -0.25) is 24.0 Å². The summed E-state index contributed by atoms with van der Waals surface area (Å²) in [4.78, 5) is 79.5. The molecule has 0 radical (unpaired) electrons. The van der Waals surface area contributed by atoms with Crippen LogP contribution in [0.25, 0.3) is 0 Å². The summed E-state index contributed by atoms with van der Waals surface area (Å²) in [6.07, 6.45) is 5.79. The van der Waals surface area contributed by atoms with Gasteiger partial charge < -0.3 is 26.2 Å². The van der Waals surface area contributed by atoms with E-state index in [-0.39, 0.29) is 24.2 Å². The molecule has 0 bridgehead atoms. The molecule has 1 aliphatic heterocycles. The number of rotatable bonds is 15. The van der Waals surface area contributed by atoms with Crippen LogP contribution in [0.15, 0.2) is 12.7 Å². The fourth-order valence-corrected chi connectivity index (χ4v) is 4.97. The summed E-state index contributed by atoms with van der Waals surface area (Å²) in [6, 6.07) is -4.08. The van der Waals surface area contributed by atoms with E-state index in [9.17, 15) is 28.8 Å². The Balaban J connectivity index is 2.16. The lowest BCUT2D eigenvalue weighted by Crippen LogP contribution is -2.61. The van der Waals surface area contributed by atoms with Crippen molar-refractivity contribution in [3.05, 3.63) is 12.7 Å². The third-order valence-corrected chi connectivity index (χ3v) is 7.58. The van der Waals surface area contributed by atoms with E-state index in [1.807, 2.05) is 41.5 Å². The minimum atomic E-state index is -1.01. The molecule has 0 aromatic heterocycles. The number of ketones is 2. The Kier molecular flexibility index (Phi) is 12.5. The van der Waals surface area contributed by atoms with Crippen molar-refractivity contribution >= 4 is 35.3 Å². The van der Waals surface area contributed by atoms with Crippen molar-refractivity contribution in [3.8, 4) is 0 Å². The molecule has 11 heteroatoms. The van der Waals surface area contributed by atoms with Crippen molar-refractivity contribution in [2.24, 2.45) is 17.3 Å². The number of nitrogens with one attached hydrogen (secondary N) is 4. The van der Waals surface area contributed by atoms with Gasteiger partial charge in [0, 0.05) is 19.0 Å². The van der Waals surface area contributed by atoms with Gasteiger partial charge in [0.25, 0.3) is 5.91 Å². The first-order chi connectivity index (χ1) is 19.2. The van der Waals surface area contributed by atoms with Crippen LogP contribution in [0.4, 0.5) is 4.79 Å². The van der Waals surface area contributed by atoms with E-state index in [1.165, 1.54) is 11.0 Å². The highest BCUT2D eigenvalue weighted by Crippen LogP contribution is 2.32. The molecule has 1 saturated heterocycles. The van der Waals surface area contributed by atoms with Crippen LogP contribution in [-0.2, 0) is 24.0 Å². The predicted octanol–water partition coefficient (Wildman–Crippen LogP) is 2.24. The Labute approximate surface area is 244 Å². The molecular formula is C30H49N5O6. The standard InChI is InChI=1S/C30H49N5O6/c1-8-10-12-20(24(37)27(39)31-16-9-2)32-26(38)21-13-11-17-35(21)28(40)25(30(5,6)7)34-29(41)33-22(18(3)4)23(36)19-14-15-19/h9,18-22,25H,2,8,10-17H2,1,3-7H3,(H,31,39)(H,32,38)(H2,33,34,41). The Morgan fingerprint density at radius 1 is 1.00 bits per heavy atom. The lowest BCUT2D eigenvalue weighted by atomic mass is 9.85. The van der Waals surface area contributed by atoms with Crippen molar-refractivity contribution in [3.63, 3.8) is 0 Å². The van der Waals surface area contributed by atoms with E-state index in [2.05, 4.69) is 27.8 Å². The maximum atomic E-state index is 13.8. The number of unbranched alkanes of at least 4 members (excludes halogenated alkanes) is 1. The Hall–Kier alpha value is -3.24. The van der Waals surface area contributed by atoms with Crippen LogP contribution in [0.5, 0.6) is 0 Å². The van der Waals surface area contributed by atoms with E-state index in [0.717, 1.165) is 19.3 Å². The van der Waals surface area contributed by atoms with Gasteiger partial charge in [0.15, 0.2) is 5.78 Å². The normalized spacial score (nSPS) is 19.1. The molecule has 5 amide bonds. The Bertz CT molecular complexity index is 1000. The van der Waals surface area contributed by atoms with Gasteiger partial charge in [-0.1, -0.05) is 60.5 Å². The molecule has 11 nitrogen and oxygen atoms in total. The summed E-state index contributed by atoms with van der Waals surface area (Å²) in [6.45, 7) is 15.1. The van der Waals surface area contributed by atoms with E-state index in [4.69, 9.17) is 0 Å². The average Bonchev–Trinajstić information content (AvgIpc) is 3.64. The SMILES string of the molecule is C=CCNC(=O)C(=O)C(CCCC)NC(=O)C1CCCN1C(=O)C(NC(=O)NC(C(=O)C1CC1)C(C)C)C(C)(C)C. The molecule has 2 rings (SSSR count). The second kappa shape index (κ2) is 15.1. The zero-order valence-electron chi connectivity index (χ0n) is 25.5. The lowest BCUT2D eigenvalue weighted by Gasteiger charge is -2.36. The van der Waals surface area contributed by atoms with Gasteiger partial charge in [-0.25, -0.2) is 4.79 Å². The van der Waals surface area contributed by atoms with Gasteiger partial charge in [-0.05, 0) is 43.4 Å². The zero-order chi connectivity index (χ0) is 30.9. The summed E-state index contributed by atoms with van der Waals surface area (Å²) < 4.78 is 0. The molecule has 230 valence electrons. The average molecular weight is 576 g/mol. The second-order valence-corrected chi connectivity index (χ2v) is 12.6. The van der Waals surface area contributed by atoms with Crippen LogP contribution in [0.2, 0.25) is 0 Å². The maximum absolute atomic E-state index is 13.8. The van der Waals surface area contributed by atoms with E-state index >= 15 is 0 Å². The van der Waals surface area contributed by atoms with Crippen molar-refractivity contribution in [2.45, 2.75) is 111 Å². The van der Waals surface area contributed by atoms with Gasteiger partial charge in [0.2, 0.25) is 17.6 Å². The second-order valence-electron chi connectivity index (χ2n) is 12.6. The van der Waals surface area contributed by atoms with Crippen molar-refractivity contribution in [2.75, 3.05) is 13.1 Å². The molecule has 4 atom stereocenters. The number of carbonyl (C=O) groups excluding carboxylic acids is 6. The van der Waals surface area contributed by atoms with Crippen molar-refractivity contribution in [1.29, 1.82) is 0 Å². The van der Waals surface area contributed by atoms with E-state index in [0.29, 0.717) is 32.2 Å². The first-order valence-electron chi connectivity index (χ1n) is 14.9. The Morgan fingerprint density at radius 3 is 2.20 bits per heavy atom. The minimum Gasteiger partial charge on any atom is -0.346 e. The number of amides is 5. The fraction of sp³-hybridized carbons (Fsp3) is 0.733. The molecular weight excluding hydrogens is 526 g/mol. The summed E-state index contributed by atoms with van der Waals surface area (Å²) in [5, 5.41) is 10.7. The lowest BCUT2D eigenvalue weighted by molar-refractivity contribution is -0.143. The highest BCUT2D eigenvalue weighted by atomic mass is 16.2. The fourth-order valence-electron chi connectivity index (χ4n) is 4.97. The largest absolute Gasteiger partial charge is 0.346 e. The molecule has 4 unspecified atom stereocenters. The molecule has 1 saturated carbocycles. The molecule has 4 N–H and O–H groups in total. The smallest absolute Gasteiger partial charge is 0.316 e. The predicted molar refractivity (Wildman–Crippen MR) is 156 cm³/mol. The summed E-state index contributed by atoms with van der Waals surface area (Å²) in [7, 11) is 0. The minimum absolute atomic E-state index is 0.00964. The van der Waals surface area contributed by atoms with Gasteiger partial charge in [0.1, 0.15) is 12.1 Å². The molecule has 2 fully saturated rings. The van der Waals surface area contributed by atoms with E-state index < -0.39 is 59.1 Å². The molecule has 1 aliphatic carbocycles. The number of likely N-dealkylation sites (tertiary alicyclic amines) is 1. The molecule has 0 aromatic rings. The first-order valence-corrected chi connectivity index (χ1v) is 14.9. The topological polar surface area (TPSA) is 154 Å². The molecule has 0 spiro atoms. The Morgan fingerprint density at radius 2 is 1.66 bits per heavy atom. The molecule has 0 aromatic carbocycles. The number of carbonyl (C=O) groups is 6. The van der Waals surface area contributed by atoms with Crippen LogP contribution < -0.4 is 21.3 Å². The third kappa shape index (κ3) is 9.67. The number of nitrogens with zero attached hydrogens (tertiary/aromatic N) is 1. The summed E-state index contributed by atoms with van der Waals surface area (Å²) in [5.41, 5.74) is -0.700. The van der Waals surface area contributed by atoms with Gasteiger partial charge in [-0.15, -0.1) is 6.58 Å². The van der Waals surface area contributed by atoms with Crippen LogP contribution in [0.1, 0.15) is 86.5 Å². The highest BCUT2D eigenvalue weighted by molar-refractivity contribution is 6.38. The third-order valence-electron chi connectivity index (χ3n) is 7.58. The maximum Gasteiger partial charge on any atom is 0.316 e. The van der Waals surface area contributed by atoms with Gasteiger partial charge in [-0.2, -0.15) is 0 Å². The van der Waals surface area contributed by atoms with Crippen molar-refractivity contribution in [1.82, 2.24) is 26.2 Å². The number of Topliss-reactive ketones (excluding diaryl/α,β-unsaturated/α-hetero) is 2. The van der Waals surface area contributed by atoms with Crippen LogP contribution in [0, 0.1) is 17.3 Å². The zero-order valence-corrected chi connectivity index (χ0v) is 25.5. The monoisotopic (exact) mass is 575 g/mol. The summed E-state index contributed by atoms with van der Waals surface area (Å²) in [5.74, 6) is -2.58. The van der Waals surface area contributed by atoms with Crippen LogP contribution in [0.3, 0.4) is 0 Å². The molecule has 41 heavy (non-hydrogen) atoms. The highest BCUT2D eigenvalue weighted by Gasteiger charge is 2.43. The number of hydrogen-bond donors (Lipinski definition) is 4. The van der Waals surface area contributed by atoms with Crippen LogP contribution >= 0.6 is 0 Å². The summed E-state index contributed by atoms with van der Waals surface area (Å²) >= 11 is 0. The molecule has 1 heterocycles. The molecule has 2 aliphatic rings. The number of hydrogen-bond acceptors (Lipinski definition) is 6. The van der Waals surface area contributed by atoms with Gasteiger partial charge in [0.05, 0.1) is 12.1 Å². The number of urea groups is 1. The quantitative estimate of drug-likeness (QED) is 0.174. The van der Waals surface area contributed by atoms with E-state index in [1.54, 1.807) is 0 Å². The first kappa shape index (κ1) is 34.0. The van der Waals surface area contributed by atoms with Crippen LogP contribution in [-0.4, -0.2) is 77.5 Å².